The van der Waals surface area contributed by atoms with E-state index in [2.05, 4.69) is 9.47 Å². The third kappa shape index (κ3) is 4.85. The maximum Gasteiger partial charge on any atom is 0.339 e. The predicted octanol–water partition coefficient (Wildman–Crippen LogP) is 3.15. The summed E-state index contributed by atoms with van der Waals surface area (Å²) >= 11 is 0. The second kappa shape index (κ2) is 8.22. The first-order valence-electron chi connectivity index (χ1n) is 8.04. The number of hydrogen-bond donors (Lipinski definition) is 0. The standard InChI is InChI=1S/C19H20O7S/c1-12(2)13-5-7-17(8-6-13)27(22,23)26-16-10-14(18(20)24-3)9-15(11-16)19(21)25-4/h5-12H,1-4H3. The van der Waals surface area contributed by atoms with Gasteiger partial charge in [-0.05, 0) is 41.8 Å². The molecule has 0 saturated heterocycles. The summed E-state index contributed by atoms with van der Waals surface area (Å²) in [5.41, 5.74) is 0.899. The van der Waals surface area contributed by atoms with Crippen LogP contribution in [0.3, 0.4) is 0 Å². The van der Waals surface area contributed by atoms with Crippen molar-refractivity contribution < 1.29 is 31.7 Å². The van der Waals surface area contributed by atoms with Gasteiger partial charge in [0.25, 0.3) is 0 Å². The molecule has 8 heteroatoms. The number of carbonyl (C=O) groups is 2. The zero-order valence-electron chi connectivity index (χ0n) is 15.4. The number of methoxy groups -OCH3 is 2. The lowest BCUT2D eigenvalue weighted by Gasteiger charge is -2.11. The van der Waals surface area contributed by atoms with Crippen molar-refractivity contribution in [3.8, 4) is 5.75 Å². The largest absolute Gasteiger partial charge is 0.465 e. The Bertz CT molecular complexity index is 910. The fourth-order valence-corrected chi connectivity index (χ4v) is 3.23. The SMILES string of the molecule is COC(=O)c1cc(OS(=O)(=O)c2ccc(C(C)C)cc2)cc(C(=O)OC)c1. The van der Waals surface area contributed by atoms with E-state index in [0.29, 0.717) is 0 Å². The quantitative estimate of drug-likeness (QED) is 0.550. The summed E-state index contributed by atoms with van der Waals surface area (Å²) in [4.78, 5) is 23.5. The molecule has 0 radical (unpaired) electrons. The zero-order chi connectivity index (χ0) is 20.2. The van der Waals surface area contributed by atoms with Gasteiger partial charge in [0.1, 0.15) is 10.6 Å². The molecule has 0 bridgehead atoms. The first kappa shape index (κ1) is 20.4. The molecule has 0 heterocycles. The fraction of sp³-hybridized carbons (Fsp3) is 0.263. The predicted molar refractivity (Wildman–Crippen MR) is 97.5 cm³/mol. The van der Waals surface area contributed by atoms with Crippen LogP contribution in [-0.2, 0) is 19.6 Å². The number of ether oxygens (including phenoxy) is 2. The molecule has 0 N–H and O–H groups in total. The average Bonchev–Trinajstić information content (AvgIpc) is 2.66. The van der Waals surface area contributed by atoms with Gasteiger partial charge in [-0.3, -0.25) is 0 Å². The molecule has 0 aliphatic heterocycles. The van der Waals surface area contributed by atoms with E-state index in [9.17, 15) is 18.0 Å². The highest BCUT2D eigenvalue weighted by Gasteiger charge is 2.20. The molecule has 0 aliphatic carbocycles. The summed E-state index contributed by atoms with van der Waals surface area (Å²) in [6.45, 7) is 3.99. The highest BCUT2D eigenvalue weighted by molar-refractivity contribution is 7.87. The van der Waals surface area contributed by atoms with Crippen molar-refractivity contribution in [3.05, 3.63) is 59.2 Å². The summed E-state index contributed by atoms with van der Waals surface area (Å²) in [6, 6.07) is 9.87. The second-order valence-electron chi connectivity index (χ2n) is 5.99. The number of hydrogen-bond acceptors (Lipinski definition) is 7. The summed E-state index contributed by atoms with van der Waals surface area (Å²) in [7, 11) is -1.82. The van der Waals surface area contributed by atoms with Crippen LogP contribution in [0.5, 0.6) is 5.75 Å². The van der Waals surface area contributed by atoms with Gasteiger partial charge >= 0.3 is 22.1 Å². The molecule has 0 saturated carbocycles. The Kier molecular flexibility index (Phi) is 6.22. The van der Waals surface area contributed by atoms with E-state index in [0.717, 1.165) is 5.56 Å². The third-order valence-electron chi connectivity index (χ3n) is 3.79. The topological polar surface area (TPSA) is 96.0 Å². The lowest BCUT2D eigenvalue weighted by atomic mass is 10.0. The van der Waals surface area contributed by atoms with E-state index in [1.54, 1.807) is 12.1 Å². The van der Waals surface area contributed by atoms with Crippen molar-refractivity contribution in [1.29, 1.82) is 0 Å². The molecule has 27 heavy (non-hydrogen) atoms. The molecule has 0 spiro atoms. The molecule has 0 aliphatic rings. The van der Waals surface area contributed by atoms with Gasteiger partial charge in [-0.15, -0.1) is 0 Å². The van der Waals surface area contributed by atoms with Crippen LogP contribution in [0, 0.1) is 0 Å². The van der Waals surface area contributed by atoms with E-state index < -0.39 is 22.1 Å². The maximum absolute atomic E-state index is 12.5. The number of esters is 2. The van der Waals surface area contributed by atoms with Gasteiger partial charge in [0, 0.05) is 0 Å². The summed E-state index contributed by atoms with van der Waals surface area (Å²) in [5, 5.41) is 0. The minimum Gasteiger partial charge on any atom is -0.465 e. The molecule has 0 aromatic heterocycles. The van der Waals surface area contributed by atoms with Gasteiger partial charge in [0.2, 0.25) is 0 Å². The molecule has 7 nitrogen and oxygen atoms in total. The molecule has 2 aromatic carbocycles. The van der Waals surface area contributed by atoms with Gasteiger partial charge < -0.3 is 13.7 Å². The molecule has 0 unspecified atom stereocenters. The third-order valence-corrected chi connectivity index (χ3v) is 5.05. The normalized spacial score (nSPS) is 11.1. The van der Waals surface area contributed by atoms with Crippen molar-refractivity contribution in [1.82, 2.24) is 0 Å². The summed E-state index contributed by atoms with van der Waals surface area (Å²) in [6.07, 6.45) is 0. The van der Waals surface area contributed by atoms with Crippen molar-refractivity contribution >= 4 is 22.1 Å². The van der Waals surface area contributed by atoms with Gasteiger partial charge in [-0.25, -0.2) is 9.59 Å². The Morgan fingerprint density at radius 1 is 0.852 bits per heavy atom. The number of carbonyl (C=O) groups excluding carboxylic acids is 2. The highest BCUT2D eigenvalue weighted by atomic mass is 32.2. The van der Waals surface area contributed by atoms with Gasteiger partial charge in [-0.2, -0.15) is 8.42 Å². The van der Waals surface area contributed by atoms with Crippen LogP contribution >= 0.6 is 0 Å². The van der Waals surface area contributed by atoms with Crippen molar-refractivity contribution in [3.63, 3.8) is 0 Å². The molecule has 0 fully saturated rings. The molecular weight excluding hydrogens is 372 g/mol. The second-order valence-corrected chi connectivity index (χ2v) is 7.54. The van der Waals surface area contributed by atoms with Gasteiger partial charge in [-0.1, -0.05) is 26.0 Å². The Hall–Kier alpha value is -2.87. The van der Waals surface area contributed by atoms with Crippen LogP contribution in [0.4, 0.5) is 0 Å². The Balaban J connectivity index is 2.41. The van der Waals surface area contributed by atoms with Crippen LogP contribution in [-0.4, -0.2) is 34.6 Å². The zero-order valence-corrected chi connectivity index (χ0v) is 16.2. The first-order chi connectivity index (χ1) is 12.7. The molecule has 2 rings (SSSR count). The lowest BCUT2D eigenvalue weighted by Crippen LogP contribution is -2.12. The highest BCUT2D eigenvalue weighted by Crippen LogP contribution is 2.24. The Labute approximate surface area is 158 Å². The van der Waals surface area contributed by atoms with Gasteiger partial charge in [0.05, 0.1) is 25.3 Å². The summed E-state index contributed by atoms with van der Waals surface area (Å²) in [5.74, 6) is -1.44. The summed E-state index contributed by atoms with van der Waals surface area (Å²) < 4.78 is 39.4. The van der Waals surface area contributed by atoms with E-state index in [4.69, 9.17) is 4.18 Å². The monoisotopic (exact) mass is 392 g/mol. The minimum absolute atomic E-state index is 0.0410. The van der Waals surface area contributed by atoms with Crippen LogP contribution in [0.1, 0.15) is 46.0 Å². The van der Waals surface area contributed by atoms with Crippen LogP contribution in [0.2, 0.25) is 0 Å². The molecule has 0 atom stereocenters. The maximum atomic E-state index is 12.5. The van der Waals surface area contributed by atoms with E-state index in [-0.39, 0.29) is 27.7 Å². The van der Waals surface area contributed by atoms with E-state index in [1.165, 1.54) is 44.6 Å². The molecular formula is C19H20O7S. The van der Waals surface area contributed by atoms with Crippen molar-refractivity contribution in [2.75, 3.05) is 14.2 Å². The molecule has 144 valence electrons. The van der Waals surface area contributed by atoms with Crippen LogP contribution in [0.25, 0.3) is 0 Å². The molecule has 2 aromatic rings. The minimum atomic E-state index is -4.16. The Morgan fingerprint density at radius 2 is 1.33 bits per heavy atom. The Morgan fingerprint density at radius 3 is 1.74 bits per heavy atom. The molecule has 0 amide bonds. The van der Waals surface area contributed by atoms with Crippen LogP contribution < -0.4 is 4.18 Å². The smallest absolute Gasteiger partial charge is 0.339 e. The number of rotatable bonds is 6. The lowest BCUT2D eigenvalue weighted by molar-refractivity contribution is 0.0598. The average molecular weight is 392 g/mol. The fourth-order valence-electron chi connectivity index (χ4n) is 2.31. The van der Waals surface area contributed by atoms with Crippen molar-refractivity contribution in [2.45, 2.75) is 24.7 Å². The van der Waals surface area contributed by atoms with Gasteiger partial charge in [0.15, 0.2) is 0 Å². The van der Waals surface area contributed by atoms with Crippen molar-refractivity contribution in [2.24, 2.45) is 0 Å². The van der Waals surface area contributed by atoms with E-state index >= 15 is 0 Å². The van der Waals surface area contributed by atoms with E-state index in [1.807, 2.05) is 13.8 Å². The van der Waals surface area contributed by atoms with Crippen LogP contribution in [0.15, 0.2) is 47.4 Å². The number of benzene rings is 2. The first-order valence-corrected chi connectivity index (χ1v) is 9.45.